The highest BCUT2D eigenvalue weighted by Gasteiger charge is 2.20. The van der Waals surface area contributed by atoms with Crippen molar-refractivity contribution in [1.82, 2.24) is 5.32 Å². The first-order valence-electron chi connectivity index (χ1n) is 8.09. The monoisotopic (exact) mass is 413 g/mol. The second-order valence-corrected chi connectivity index (χ2v) is 7.14. The van der Waals surface area contributed by atoms with E-state index in [1.165, 1.54) is 18.4 Å². The summed E-state index contributed by atoms with van der Waals surface area (Å²) in [7, 11) is 0. The lowest BCUT2D eigenvalue weighted by molar-refractivity contribution is -0.129. The van der Waals surface area contributed by atoms with E-state index in [4.69, 9.17) is 16.3 Å². The Morgan fingerprint density at radius 1 is 1.38 bits per heavy atom. The van der Waals surface area contributed by atoms with Crippen molar-refractivity contribution >= 4 is 39.4 Å². The van der Waals surface area contributed by atoms with E-state index in [9.17, 15) is 9.59 Å². The molecule has 0 saturated carbocycles. The van der Waals surface area contributed by atoms with Crippen LogP contribution in [0.15, 0.2) is 34.3 Å². The molecule has 1 aromatic rings. The van der Waals surface area contributed by atoms with Crippen molar-refractivity contribution in [2.45, 2.75) is 45.1 Å². The van der Waals surface area contributed by atoms with Crippen molar-refractivity contribution in [3.63, 3.8) is 0 Å². The van der Waals surface area contributed by atoms with E-state index in [-0.39, 0.29) is 11.5 Å². The summed E-state index contributed by atoms with van der Waals surface area (Å²) in [6.45, 7) is 2.11. The van der Waals surface area contributed by atoms with Crippen molar-refractivity contribution in [1.29, 1.82) is 0 Å². The van der Waals surface area contributed by atoms with Crippen molar-refractivity contribution in [2.75, 3.05) is 6.54 Å². The molecular weight excluding hydrogens is 394 g/mol. The molecule has 0 aliphatic heterocycles. The van der Waals surface area contributed by atoms with Gasteiger partial charge in [0.1, 0.15) is 0 Å². The Labute approximate surface area is 155 Å². The fourth-order valence-electron chi connectivity index (χ4n) is 2.55. The number of hydrogen-bond donors (Lipinski definition) is 1. The molecule has 0 saturated heterocycles. The Morgan fingerprint density at radius 3 is 2.88 bits per heavy atom. The van der Waals surface area contributed by atoms with Crippen LogP contribution >= 0.6 is 27.5 Å². The third kappa shape index (κ3) is 5.64. The summed E-state index contributed by atoms with van der Waals surface area (Å²) >= 11 is 9.28. The molecule has 6 heteroatoms. The predicted molar refractivity (Wildman–Crippen MR) is 98.2 cm³/mol. The summed E-state index contributed by atoms with van der Waals surface area (Å²) in [6.07, 6.45) is 6.96. The standard InChI is InChI=1S/C18H21BrClNO3/c1-12(17(22)21-10-9-13-5-3-2-4-6-13)24-18(23)15-11-14(19)7-8-16(15)20/h5,7-8,11-12H,2-4,6,9-10H2,1H3,(H,21,22)/t12-/m1/s1. The van der Waals surface area contributed by atoms with Crippen molar-refractivity contribution in [3.05, 3.63) is 44.9 Å². The molecule has 0 fully saturated rings. The molecular formula is C18H21BrClNO3. The Bertz CT molecular complexity index is 645. The lowest BCUT2D eigenvalue weighted by Crippen LogP contribution is -2.36. The van der Waals surface area contributed by atoms with E-state index in [0.717, 1.165) is 23.7 Å². The molecule has 0 aromatic heterocycles. The van der Waals surface area contributed by atoms with Gasteiger partial charge in [0.25, 0.3) is 5.91 Å². The van der Waals surface area contributed by atoms with Gasteiger partial charge in [-0.1, -0.05) is 39.2 Å². The van der Waals surface area contributed by atoms with Gasteiger partial charge in [0.2, 0.25) is 0 Å². The summed E-state index contributed by atoms with van der Waals surface area (Å²) < 4.78 is 5.92. The fourth-order valence-corrected chi connectivity index (χ4v) is 3.11. The lowest BCUT2D eigenvalue weighted by atomic mass is 9.97. The van der Waals surface area contributed by atoms with Crippen LogP contribution in [-0.2, 0) is 9.53 Å². The van der Waals surface area contributed by atoms with Crippen LogP contribution in [0.2, 0.25) is 5.02 Å². The minimum atomic E-state index is -0.868. The van der Waals surface area contributed by atoms with Gasteiger partial charge in [0.15, 0.2) is 6.10 Å². The number of amides is 1. The van der Waals surface area contributed by atoms with Gasteiger partial charge >= 0.3 is 5.97 Å². The Hall–Kier alpha value is -1.33. The van der Waals surface area contributed by atoms with Crippen LogP contribution in [0.4, 0.5) is 0 Å². The average molecular weight is 415 g/mol. The van der Waals surface area contributed by atoms with Crippen LogP contribution in [0, 0.1) is 0 Å². The third-order valence-electron chi connectivity index (χ3n) is 3.93. The minimum Gasteiger partial charge on any atom is -0.449 e. The summed E-state index contributed by atoms with van der Waals surface area (Å²) in [6, 6.07) is 4.91. The molecule has 24 heavy (non-hydrogen) atoms. The maximum absolute atomic E-state index is 12.1. The summed E-state index contributed by atoms with van der Waals surface area (Å²) in [5.74, 6) is -0.912. The van der Waals surface area contributed by atoms with Crippen molar-refractivity contribution in [3.8, 4) is 0 Å². The molecule has 0 spiro atoms. The number of carbonyl (C=O) groups is 2. The maximum Gasteiger partial charge on any atom is 0.340 e. The van der Waals surface area contributed by atoms with Gasteiger partial charge in [-0.15, -0.1) is 0 Å². The summed E-state index contributed by atoms with van der Waals surface area (Å²) in [5, 5.41) is 3.11. The number of rotatable bonds is 6. The first-order chi connectivity index (χ1) is 11.5. The zero-order valence-electron chi connectivity index (χ0n) is 13.6. The van der Waals surface area contributed by atoms with Gasteiger partial charge < -0.3 is 10.1 Å². The minimum absolute atomic E-state index is 0.234. The van der Waals surface area contributed by atoms with Gasteiger partial charge in [-0.3, -0.25) is 4.79 Å². The van der Waals surface area contributed by atoms with Crippen LogP contribution < -0.4 is 5.32 Å². The third-order valence-corrected chi connectivity index (χ3v) is 4.75. The molecule has 1 amide bonds. The van der Waals surface area contributed by atoms with Crippen LogP contribution in [0.5, 0.6) is 0 Å². The van der Waals surface area contributed by atoms with E-state index < -0.39 is 12.1 Å². The molecule has 0 unspecified atom stereocenters. The van der Waals surface area contributed by atoms with E-state index in [2.05, 4.69) is 27.3 Å². The Kier molecular flexibility index (Phi) is 7.31. The van der Waals surface area contributed by atoms with E-state index in [1.807, 2.05) is 0 Å². The first kappa shape index (κ1) is 19.0. The van der Waals surface area contributed by atoms with Crippen LogP contribution in [0.3, 0.4) is 0 Å². The molecule has 1 atom stereocenters. The molecule has 4 nitrogen and oxygen atoms in total. The van der Waals surface area contributed by atoms with Crippen molar-refractivity contribution in [2.24, 2.45) is 0 Å². The topological polar surface area (TPSA) is 55.4 Å². The fraction of sp³-hybridized carbons (Fsp3) is 0.444. The van der Waals surface area contributed by atoms with Gasteiger partial charge in [0.05, 0.1) is 10.6 Å². The molecule has 130 valence electrons. The SMILES string of the molecule is C[C@@H](OC(=O)c1cc(Br)ccc1Cl)C(=O)NCCC1=CCCCC1. The molecule has 1 aliphatic rings. The van der Waals surface area contributed by atoms with Gasteiger partial charge in [0, 0.05) is 11.0 Å². The number of esters is 1. The Morgan fingerprint density at radius 2 is 2.17 bits per heavy atom. The average Bonchev–Trinajstić information content (AvgIpc) is 2.57. The molecule has 0 radical (unpaired) electrons. The predicted octanol–water partition coefficient (Wildman–Crippen LogP) is 4.65. The summed E-state index contributed by atoms with van der Waals surface area (Å²) in [4.78, 5) is 24.2. The van der Waals surface area contributed by atoms with Gasteiger partial charge in [-0.2, -0.15) is 0 Å². The molecule has 1 aromatic carbocycles. The molecule has 0 bridgehead atoms. The number of allylic oxidation sites excluding steroid dienone is 1. The summed E-state index contributed by atoms with van der Waals surface area (Å²) in [5.41, 5.74) is 1.63. The van der Waals surface area contributed by atoms with Gasteiger partial charge in [-0.05, 0) is 57.2 Å². The second-order valence-electron chi connectivity index (χ2n) is 5.82. The number of benzene rings is 1. The van der Waals surface area contributed by atoms with Gasteiger partial charge in [-0.25, -0.2) is 4.79 Å². The normalized spacial score (nSPS) is 15.4. The Balaban J connectivity index is 1.81. The number of ether oxygens (including phenoxy) is 1. The number of hydrogen-bond acceptors (Lipinski definition) is 3. The van der Waals surface area contributed by atoms with E-state index >= 15 is 0 Å². The molecule has 2 rings (SSSR count). The van der Waals surface area contributed by atoms with Crippen LogP contribution in [0.25, 0.3) is 0 Å². The smallest absolute Gasteiger partial charge is 0.340 e. The van der Waals surface area contributed by atoms with E-state index in [0.29, 0.717) is 11.6 Å². The van der Waals surface area contributed by atoms with Crippen LogP contribution in [0.1, 0.15) is 49.4 Å². The van der Waals surface area contributed by atoms with Crippen molar-refractivity contribution < 1.29 is 14.3 Å². The number of nitrogens with one attached hydrogen (secondary N) is 1. The maximum atomic E-state index is 12.1. The zero-order valence-corrected chi connectivity index (χ0v) is 16.0. The zero-order chi connectivity index (χ0) is 17.5. The molecule has 0 heterocycles. The quantitative estimate of drug-likeness (QED) is 0.544. The largest absolute Gasteiger partial charge is 0.449 e. The number of carbonyl (C=O) groups excluding carboxylic acids is 2. The lowest BCUT2D eigenvalue weighted by Gasteiger charge is -2.16. The molecule has 1 aliphatic carbocycles. The number of halogens is 2. The highest BCUT2D eigenvalue weighted by Crippen LogP contribution is 2.22. The second kappa shape index (κ2) is 9.23. The van der Waals surface area contributed by atoms with Crippen LogP contribution in [-0.4, -0.2) is 24.5 Å². The highest BCUT2D eigenvalue weighted by molar-refractivity contribution is 9.10. The van der Waals surface area contributed by atoms with E-state index in [1.54, 1.807) is 25.1 Å². The highest BCUT2D eigenvalue weighted by atomic mass is 79.9. The first-order valence-corrected chi connectivity index (χ1v) is 9.26. The molecule has 1 N–H and O–H groups in total.